The van der Waals surface area contributed by atoms with Gasteiger partial charge in [-0.2, -0.15) is 0 Å². The zero-order valence-corrected chi connectivity index (χ0v) is 9.21. The summed E-state index contributed by atoms with van der Waals surface area (Å²) in [6, 6.07) is 6.55. The van der Waals surface area contributed by atoms with Gasteiger partial charge < -0.3 is 20.9 Å². The van der Waals surface area contributed by atoms with Crippen LogP contribution in [0.3, 0.4) is 0 Å². The zero-order valence-electron chi connectivity index (χ0n) is 9.21. The topological polar surface area (TPSA) is 93.3 Å². The Morgan fingerprint density at radius 3 is 2.76 bits per heavy atom. The Morgan fingerprint density at radius 2 is 2.12 bits per heavy atom. The van der Waals surface area contributed by atoms with Crippen molar-refractivity contribution in [2.75, 3.05) is 18.2 Å². The molecule has 0 spiro atoms. The van der Waals surface area contributed by atoms with Crippen LogP contribution in [0.1, 0.15) is 0 Å². The second-order valence-electron chi connectivity index (χ2n) is 3.34. The second-order valence-corrected chi connectivity index (χ2v) is 3.34. The van der Waals surface area contributed by atoms with E-state index in [0.717, 1.165) is 0 Å². The van der Waals surface area contributed by atoms with Gasteiger partial charge in [0, 0.05) is 17.8 Å². The summed E-state index contributed by atoms with van der Waals surface area (Å²) in [6.07, 6.45) is 1.36. The average molecular weight is 232 g/mol. The molecule has 2 aromatic rings. The predicted octanol–water partition coefficient (Wildman–Crippen LogP) is 1.52. The van der Waals surface area contributed by atoms with Gasteiger partial charge in [-0.25, -0.2) is 9.97 Å². The standard InChI is InChI=1S/C11H12N4O2/c1-17-9-3-2-7(4-8(9)16)15-11-5-10(12)13-6-14-11/h2-6,16H,1H3,(H3,12,13,14,15). The van der Waals surface area contributed by atoms with Crippen molar-refractivity contribution in [3.63, 3.8) is 0 Å². The fraction of sp³-hybridized carbons (Fsp3) is 0.0909. The molecule has 1 heterocycles. The van der Waals surface area contributed by atoms with Crippen LogP contribution in [0.15, 0.2) is 30.6 Å². The number of benzene rings is 1. The first-order valence-electron chi connectivity index (χ1n) is 4.90. The number of aromatic hydroxyl groups is 1. The molecule has 0 aliphatic heterocycles. The number of hydrogen-bond donors (Lipinski definition) is 3. The molecular formula is C11H12N4O2. The quantitative estimate of drug-likeness (QED) is 0.742. The van der Waals surface area contributed by atoms with E-state index in [9.17, 15) is 5.11 Å². The van der Waals surface area contributed by atoms with Gasteiger partial charge in [0.2, 0.25) is 0 Å². The molecule has 0 amide bonds. The van der Waals surface area contributed by atoms with E-state index in [4.69, 9.17) is 10.5 Å². The van der Waals surface area contributed by atoms with E-state index in [2.05, 4.69) is 15.3 Å². The van der Waals surface area contributed by atoms with Crippen molar-refractivity contribution in [3.8, 4) is 11.5 Å². The van der Waals surface area contributed by atoms with Gasteiger partial charge in [0.05, 0.1) is 7.11 Å². The average Bonchev–Trinajstić information content (AvgIpc) is 2.29. The highest BCUT2D eigenvalue weighted by molar-refractivity contribution is 5.62. The van der Waals surface area contributed by atoms with E-state index in [0.29, 0.717) is 23.1 Å². The van der Waals surface area contributed by atoms with E-state index in [1.165, 1.54) is 19.5 Å². The van der Waals surface area contributed by atoms with E-state index in [1.54, 1.807) is 18.2 Å². The van der Waals surface area contributed by atoms with Gasteiger partial charge in [-0.15, -0.1) is 0 Å². The van der Waals surface area contributed by atoms with Crippen molar-refractivity contribution in [3.05, 3.63) is 30.6 Å². The molecule has 0 fully saturated rings. The summed E-state index contributed by atoms with van der Waals surface area (Å²) in [4.78, 5) is 7.78. The van der Waals surface area contributed by atoms with Crippen LogP contribution in [0.2, 0.25) is 0 Å². The van der Waals surface area contributed by atoms with Crippen LogP contribution in [0.5, 0.6) is 11.5 Å². The molecule has 17 heavy (non-hydrogen) atoms. The molecule has 2 rings (SSSR count). The van der Waals surface area contributed by atoms with Crippen LogP contribution in [-0.2, 0) is 0 Å². The lowest BCUT2D eigenvalue weighted by Crippen LogP contribution is -1.97. The van der Waals surface area contributed by atoms with Crippen molar-refractivity contribution in [2.45, 2.75) is 0 Å². The Balaban J connectivity index is 2.22. The Bertz CT molecular complexity index is 531. The predicted molar refractivity (Wildman–Crippen MR) is 64.4 cm³/mol. The molecule has 6 nitrogen and oxygen atoms in total. The highest BCUT2D eigenvalue weighted by atomic mass is 16.5. The summed E-state index contributed by atoms with van der Waals surface area (Å²) in [5, 5.41) is 12.6. The number of nitrogens with one attached hydrogen (secondary N) is 1. The third-order valence-corrected chi connectivity index (χ3v) is 2.14. The third kappa shape index (κ3) is 2.54. The number of hydrogen-bond acceptors (Lipinski definition) is 6. The lowest BCUT2D eigenvalue weighted by atomic mass is 10.2. The maximum Gasteiger partial charge on any atom is 0.160 e. The summed E-state index contributed by atoms with van der Waals surface area (Å²) < 4.78 is 4.95. The van der Waals surface area contributed by atoms with E-state index >= 15 is 0 Å². The van der Waals surface area contributed by atoms with Crippen LogP contribution in [0.4, 0.5) is 17.3 Å². The summed E-state index contributed by atoms with van der Waals surface area (Å²) in [6.45, 7) is 0. The zero-order chi connectivity index (χ0) is 12.3. The van der Waals surface area contributed by atoms with Crippen LogP contribution in [0, 0.1) is 0 Å². The highest BCUT2D eigenvalue weighted by Gasteiger charge is 2.03. The molecule has 4 N–H and O–H groups in total. The molecule has 0 atom stereocenters. The molecule has 88 valence electrons. The van der Waals surface area contributed by atoms with Crippen LogP contribution in [0.25, 0.3) is 0 Å². The fourth-order valence-corrected chi connectivity index (χ4v) is 1.36. The number of aromatic nitrogens is 2. The lowest BCUT2D eigenvalue weighted by molar-refractivity contribution is 0.373. The van der Waals surface area contributed by atoms with Gasteiger partial charge in [-0.05, 0) is 12.1 Å². The first-order chi connectivity index (χ1) is 8.19. The summed E-state index contributed by atoms with van der Waals surface area (Å²) in [7, 11) is 1.49. The first kappa shape index (κ1) is 11.0. The minimum atomic E-state index is 0.0551. The van der Waals surface area contributed by atoms with Gasteiger partial charge in [-0.1, -0.05) is 0 Å². The molecule has 0 unspecified atom stereocenters. The van der Waals surface area contributed by atoms with E-state index < -0.39 is 0 Å². The molecule has 6 heteroatoms. The Morgan fingerprint density at radius 1 is 1.29 bits per heavy atom. The number of rotatable bonds is 3. The summed E-state index contributed by atoms with van der Waals surface area (Å²) in [5.41, 5.74) is 6.21. The van der Waals surface area contributed by atoms with Crippen molar-refractivity contribution >= 4 is 17.3 Å². The number of methoxy groups -OCH3 is 1. The number of nitrogens with two attached hydrogens (primary N) is 1. The minimum absolute atomic E-state index is 0.0551. The van der Waals surface area contributed by atoms with Gasteiger partial charge in [-0.3, -0.25) is 0 Å². The normalized spacial score (nSPS) is 9.94. The molecule has 0 saturated heterocycles. The number of anilines is 3. The first-order valence-corrected chi connectivity index (χ1v) is 4.90. The van der Waals surface area contributed by atoms with Crippen molar-refractivity contribution in [1.82, 2.24) is 9.97 Å². The molecule has 0 radical (unpaired) electrons. The van der Waals surface area contributed by atoms with Crippen molar-refractivity contribution in [2.24, 2.45) is 0 Å². The molecule has 0 bridgehead atoms. The van der Waals surface area contributed by atoms with Crippen molar-refractivity contribution < 1.29 is 9.84 Å². The van der Waals surface area contributed by atoms with Crippen LogP contribution in [-0.4, -0.2) is 22.2 Å². The van der Waals surface area contributed by atoms with Gasteiger partial charge in [0.25, 0.3) is 0 Å². The Hall–Kier alpha value is -2.50. The maximum absolute atomic E-state index is 9.60. The maximum atomic E-state index is 9.60. The van der Waals surface area contributed by atoms with Gasteiger partial charge in [0.15, 0.2) is 11.5 Å². The number of phenols is 1. The number of phenolic OH excluding ortho intramolecular Hbond substituents is 1. The molecule has 1 aromatic heterocycles. The lowest BCUT2D eigenvalue weighted by Gasteiger charge is -2.08. The van der Waals surface area contributed by atoms with Crippen LogP contribution < -0.4 is 15.8 Å². The minimum Gasteiger partial charge on any atom is -0.504 e. The molecule has 1 aromatic carbocycles. The van der Waals surface area contributed by atoms with Crippen LogP contribution >= 0.6 is 0 Å². The van der Waals surface area contributed by atoms with E-state index in [1.807, 2.05) is 0 Å². The SMILES string of the molecule is COc1ccc(Nc2cc(N)ncn2)cc1O. The monoisotopic (exact) mass is 232 g/mol. The molecule has 0 saturated carbocycles. The Kier molecular flexibility index (Phi) is 2.95. The smallest absolute Gasteiger partial charge is 0.160 e. The molecule has 0 aliphatic rings. The molecular weight excluding hydrogens is 220 g/mol. The number of nitrogen functional groups attached to an aromatic ring is 1. The van der Waals surface area contributed by atoms with Gasteiger partial charge in [0.1, 0.15) is 18.0 Å². The highest BCUT2D eigenvalue weighted by Crippen LogP contribution is 2.29. The van der Waals surface area contributed by atoms with Gasteiger partial charge >= 0.3 is 0 Å². The number of nitrogens with zero attached hydrogens (tertiary/aromatic N) is 2. The number of ether oxygens (including phenoxy) is 1. The van der Waals surface area contributed by atoms with Crippen molar-refractivity contribution in [1.29, 1.82) is 0 Å². The Labute approximate surface area is 98.1 Å². The second kappa shape index (κ2) is 4.56. The van der Waals surface area contributed by atoms with E-state index in [-0.39, 0.29) is 5.75 Å². The fourth-order valence-electron chi connectivity index (χ4n) is 1.36. The largest absolute Gasteiger partial charge is 0.504 e. The third-order valence-electron chi connectivity index (χ3n) is 2.14. The summed E-state index contributed by atoms with van der Waals surface area (Å²) in [5.74, 6) is 1.40. The summed E-state index contributed by atoms with van der Waals surface area (Å²) >= 11 is 0. The molecule has 0 aliphatic carbocycles.